The molecule has 4 N–H and O–H groups in total. The lowest BCUT2D eigenvalue weighted by atomic mass is 10.1. The molecule has 11 heteroatoms. The van der Waals surface area contributed by atoms with Crippen LogP contribution in [-0.2, 0) is 10.0 Å². The molecule has 0 bridgehead atoms. The minimum atomic E-state index is -3.74. The number of hydrogen-bond donors (Lipinski definition) is 3. The van der Waals surface area contributed by atoms with E-state index in [-0.39, 0.29) is 22.2 Å². The maximum Gasteiger partial charge on any atom is 0.285 e. The second-order valence-electron chi connectivity index (χ2n) is 8.81. The fourth-order valence-corrected chi connectivity index (χ4v) is 5.48. The van der Waals surface area contributed by atoms with Crippen molar-refractivity contribution in [1.82, 2.24) is 9.55 Å². The third kappa shape index (κ3) is 4.51. The van der Waals surface area contributed by atoms with E-state index in [1.807, 2.05) is 0 Å². The lowest BCUT2D eigenvalue weighted by Gasteiger charge is -2.10. The molecule has 5 aromatic rings. The Morgan fingerprint density at radius 1 is 0.872 bits per heavy atom. The highest BCUT2D eigenvalue weighted by atomic mass is 32.2. The summed E-state index contributed by atoms with van der Waals surface area (Å²) in [6.45, 7) is 0. The van der Waals surface area contributed by atoms with Gasteiger partial charge in [0.15, 0.2) is 5.84 Å². The summed E-state index contributed by atoms with van der Waals surface area (Å²) < 4.78 is 29.8. The Balaban J connectivity index is 1.22. The Kier molecular flexibility index (Phi) is 5.69. The monoisotopic (exact) mass is 536 g/mol. The van der Waals surface area contributed by atoms with E-state index in [9.17, 15) is 18.0 Å². The first kappa shape index (κ1) is 24.1. The lowest BCUT2D eigenvalue weighted by molar-refractivity contribution is 0.102. The van der Waals surface area contributed by atoms with Crippen LogP contribution in [0.5, 0.6) is 0 Å². The van der Waals surface area contributed by atoms with Crippen LogP contribution in [0, 0.1) is 0 Å². The molecule has 2 heterocycles. The van der Waals surface area contributed by atoms with E-state index in [2.05, 4.69) is 20.0 Å². The largest absolute Gasteiger partial charge is 0.399 e. The predicted octanol–water partition coefficient (Wildman–Crippen LogP) is 3.78. The Bertz CT molecular complexity index is 1980. The molecule has 0 fully saturated rings. The number of amides is 1. The van der Waals surface area contributed by atoms with Gasteiger partial charge in [-0.3, -0.25) is 14.2 Å². The summed E-state index contributed by atoms with van der Waals surface area (Å²) in [6.07, 6.45) is 1.44. The molecule has 39 heavy (non-hydrogen) atoms. The maximum absolute atomic E-state index is 13.2. The van der Waals surface area contributed by atoms with Crippen LogP contribution in [0.15, 0.2) is 111 Å². The van der Waals surface area contributed by atoms with Gasteiger partial charge in [-0.25, -0.2) is 4.98 Å². The SMILES string of the molecule is Nc1cccc(-n2cnc3ccc(NC(=O)c4ccc(NC5=NS(=O)(=O)c6ccccc65)cc4)cc3c2=O)c1. The molecular formula is C28H20N6O4S. The second kappa shape index (κ2) is 9.23. The van der Waals surface area contributed by atoms with Crippen molar-refractivity contribution in [2.24, 2.45) is 4.40 Å². The number of anilines is 3. The van der Waals surface area contributed by atoms with E-state index in [1.165, 1.54) is 17.0 Å². The number of benzene rings is 4. The van der Waals surface area contributed by atoms with Crippen LogP contribution in [0.25, 0.3) is 16.6 Å². The number of hydrogen-bond acceptors (Lipinski definition) is 7. The topological polar surface area (TPSA) is 149 Å². The molecule has 0 radical (unpaired) electrons. The van der Waals surface area contributed by atoms with Crippen LogP contribution in [0.2, 0.25) is 0 Å². The number of nitrogen functional groups attached to an aromatic ring is 1. The van der Waals surface area contributed by atoms with Crippen molar-refractivity contribution in [3.05, 3.63) is 119 Å². The fourth-order valence-electron chi connectivity index (χ4n) is 4.30. The molecule has 0 unspecified atom stereocenters. The molecule has 10 nitrogen and oxygen atoms in total. The number of carbonyl (C=O) groups is 1. The summed E-state index contributed by atoms with van der Waals surface area (Å²) in [5.74, 6) is -0.163. The van der Waals surface area contributed by atoms with Crippen LogP contribution in [0.4, 0.5) is 17.1 Å². The van der Waals surface area contributed by atoms with E-state index < -0.39 is 10.0 Å². The van der Waals surface area contributed by atoms with Gasteiger partial charge in [0, 0.05) is 28.2 Å². The van der Waals surface area contributed by atoms with Crippen molar-refractivity contribution in [3.8, 4) is 5.69 Å². The molecule has 192 valence electrons. The van der Waals surface area contributed by atoms with E-state index in [0.29, 0.717) is 44.8 Å². The summed E-state index contributed by atoms with van der Waals surface area (Å²) in [7, 11) is -3.74. The Morgan fingerprint density at radius 2 is 1.64 bits per heavy atom. The quantitative estimate of drug-likeness (QED) is 0.296. The van der Waals surface area contributed by atoms with Crippen molar-refractivity contribution in [2.45, 2.75) is 4.90 Å². The maximum atomic E-state index is 13.2. The van der Waals surface area contributed by atoms with E-state index in [1.54, 1.807) is 84.9 Å². The zero-order valence-corrected chi connectivity index (χ0v) is 21.0. The van der Waals surface area contributed by atoms with E-state index in [4.69, 9.17) is 5.73 Å². The van der Waals surface area contributed by atoms with Gasteiger partial charge in [-0.15, -0.1) is 4.40 Å². The number of amidine groups is 1. The average Bonchev–Trinajstić information content (AvgIpc) is 3.19. The average molecular weight is 537 g/mol. The van der Waals surface area contributed by atoms with Gasteiger partial charge < -0.3 is 16.4 Å². The van der Waals surface area contributed by atoms with Crippen LogP contribution in [0.3, 0.4) is 0 Å². The van der Waals surface area contributed by atoms with Crippen molar-refractivity contribution in [2.75, 3.05) is 16.4 Å². The van der Waals surface area contributed by atoms with Crippen molar-refractivity contribution >= 4 is 49.7 Å². The summed E-state index contributed by atoms with van der Waals surface area (Å²) in [5, 5.41) is 6.15. The molecule has 0 spiro atoms. The smallest absolute Gasteiger partial charge is 0.285 e. The van der Waals surface area contributed by atoms with Gasteiger partial charge >= 0.3 is 0 Å². The first-order valence-electron chi connectivity index (χ1n) is 11.8. The minimum Gasteiger partial charge on any atom is -0.399 e. The predicted molar refractivity (Wildman–Crippen MR) is 150 cm³/mol. The highest BCUT2D eigenvalue weighted by Gasteiger charge is 2.28. The van der Waals surface area contributed by atoms with Crippen LogP contribution in [0.1, 0.15) is 15.9 Å². The fraction of sp³-hybridized carbons (Fsp3) is 0. The highest BCUT2D eigenvalue weighted by Crippen LogP contribution is 2.27. The number of sulfonamides is 1. The number of nitrogens with zero attached hydrogens (tertiary/aromatic N) is 3. The number of rotatable bonds is 4. The molecule has 1 aliphatic heterocycles. The minimum absolute atomic E-state index is 0.147. The lowest BCUT2D eigenvalue weighted by Crippen LogP contribution is -2.19. The molecule has 0 saturated heterocycles. The van der Waals surface area contributed by atoms with E-state index in [0.717, 1.165) is 0 Å². The second-order valence-corrected chi connectivity index (χ2v) is 10.4. The standard InChI is InChI=1S/C28H20N6O4S/c29-18-4-3-5-21(14-18)34-16-30-24-13-12-20(15-23(24)28(34)36)32-27(35)17-8-10-19(11-9-17)31-26-22-6-1-2-7-25(22)39(37,38)33-26/h1-16H,29H2,(H,31,33)(H,32,35). The van der Waals surface area contributed by atoms with Gasteiger partial charge in [0.2, 0.25) is 0 Å². The molecule has 4 aromatic carbocycles. The van der Waals surface area contributed by atoms with Crippen molar-refractivity contribution < 1.29 is 13.2 Å². The van der Waals surface area contributed by atoms with Gasteiger partial charge in [0.25, 0.3) is 21.5 Å². The van der Waals surface area contributed by atoms with Gasteiger partial charge in [0.05, 0.1) is 16.6 Å². The molecule has 1 amide bonds. The van der Waals surface area contributed by atoms with Crippen molar-refractivity contribution in [3.63, 3.8) is 0 Å². The summed E-state index contributed by atoms with van der Waals surface area (Å²) in [6, 6.07) is 24.9. The zero-order valence-electron chi connectivity index (χ0n) is 20.2. The van der Waals surface area contributed by atoms with Crippen LogP contribution < -0.4 is 21.9 Å². The Morgan fingerprint density at radius 3 is 2.44 bits per heavy atom. The third-order valence-corrected chi connectivity index (χ3v) is 7.54. The Hall–Kier alpha value is -5.29. The van der Waals surface area contributed by atoms with Gasteiger partial charge in [-0.2, -0.15) is 8.42 Å². The summed E-state index contributed by atoms with van der Waals surface area (Å²) >= 11 is 0. The third-order valence-electron chi connectivity index (χ3n) is 6.21. The molecule has 0 atom stereocenters. The van der Waals surface area contributed by atoms with Crippen molar-refractivity contribution in [1.29, 1.82) is 0 Å². The molecule has 0 aliphatic carbocycles. The first-order chi connectivity index (χ1) is 18.8. The molecule has 6 rings (SSSR count). The summed E-state index contributed by atoms with van der Waals surface area (Å²) in [5.41, 5.74) is 9.01. The highest BCUT2D eigenvalue weighted by molar-refractivity contribution is 7.90. The van der Waals surface area contributed by atoms with Crippen LogP contribution >= 0.6 is 0 Å². The van der Waals surface area contributed by atoms with Crippen LogP contribution in [-0.4, -0.2) is 29.7 Å². The number of carbonyl (C=O) groups excluding carboxylic acids is 1. The number of fused-ring (bicyclic) bond motifs is 2. The molecular weight excluding hydrogens is 516 g/mol. The number of nitrogens with two attached hydrogens (primary N) is 1. The zero-order chi connectivity index (χ0) is 27.1. The van der Waals surface area contributed by atoms with Gasteiger partial charge in [0.1, 0.15) is 11.2 Å². The summed E-state index contributed by atoms with van der Waals surface area (Å²) in [4.78, 5) is 30.6. The normalized spacial score (nSPS) is 13.5. The first-order valence-corrected chi connectivity index (χ1v) is 13.2. The van der Waals surface area contributed by atoms with Gasteiger partial charge in [-0.05, 0) is 72.8 Å². The number of nitrogens with one attached hydrogen (secondary N) is 2. The van der Waals surface area contributed by atoms with E-state index >= 15 is 0 Å². The molecule has 0 saturated carbocycles. The molecule has 1 aromatic heterocycles. The van der Waals surface area contributed by atoms with Gasteiger partial charge in [-0.1, -0.05) is 18.2 Å². The molecule has 1 aliphatic rings. The number of aromatic nitrogens is 2. The Labute approximate surface area is 222 Å².